The second-order valence-electron chi connectivity index (χ2n) is 10.2. The number of benzene rings is 1. The van der Waals surface area contributed by atoms with Crippen molar-refractivity contribution in [1.29, 1.82) is 5.26 Å². The quantitative estimate of drug-likeness (QED) is 0.288. The molecule has 1 aromatic carbocycles. The second-order valence-corrected chi connectivity index (χ2v) is 11.0. The normalized spacial score (nSPS) is 15.4. The molecule has 1 fully saturated rings. The van der Waals surface area contributed by atoms with Gasteiger partial charge in [-0.05, 0) is 63.8 Å². The first kappa shape index (κ1) is 26.2. The minimum absolute atomic E-state index is 0.226. The summed E-state index contributed by atoms with van der Waals surface area (Å²) in [5, 5.41) is 29.6. The van der Waals surface area contributed by atoms with Crippen molar-refractivity contribution in [2.24, 2.45) is 5.92 Å². The van der Waals surface area contributed by atoms with Crippen LogP contribution >= 0.6 is 23.2 Å². The number of hydrogen-bond donors (Lipinski definition) is 2. The van der Waals surface area contributed by atoms with Gasteiger partial charge >= 0.3 is 0 Å². The predicted molar refractivity (Wildman–Crippen MR) is 149 cm³/mol. The van der Waals surface area contributed by atoms with Crippen LogP contribution < -0.4 is 9.64 Å². The molecule has 196 valence electrons. The summed E-state index contributed by atoms with van der Waals surface area (Å²) >= 11 is 12.6. The lowest BCUT2D eigenvalue weighted by Crippen LogP contribution is -2.42. The molecule has 10 heteroatoms. The molecule has 0 unspecified atom stereocenters. The number of aromatic amines is 1. The van der Waals surface area contributed by atoms with Crippen molar-refractivity contribution in [3.8, 4) is 23.1 Å². The molecule has 1 aliphatic rings. The predicted octanol–water partition coefficient (Wildman–Crippen LogP) is 6.33. The van der Waals surface area contributed by atoms with Crippen molar-refractivity contribution in [1.82, 2.24) is 20.2 Å². The molecule has 4 heterocycles. The van der Waals surface area contributed by atoms with E-state index in [1.54, 1.807) is 18.6 Å². The number of ether oxygens (including phenoxy) is 1. The highest BCUT2D eigenvalue weighted by Crippen LogP contribution is 2.36. The van der Waals surface area contributed by atoms with Gasteiger partial charge in [-0.25, -0.2) is 4.98 Å². The summed E-state index contributed by atoms with van der Waals surface area (Å²) in [4.78, 5) is 10.8. The third kappa shape index (κ3) is 5.14. The number of hydrogen-bond acceptors (Lipinski definition) is 7. The van der Waals surface area contributed by atoms with Crippen molar-refractivity contribution < 1.29 is 9.84 Å². The molecule has 2 N–H and O–H groups in total. The molecule has 38 heavy (non-hydrogen) atoms. The third-order valence-corrected chi connectivity index (χ3v) is 7.80. The molecule has 0 aliphatic carbocycles. The fourth-order valence-electron chi connectivity index (χ4n) is 5.08. The number of nitriles is 1. The van der Waals surface area contributed by atoms with E-state index in [-0.39, 0.29) is 5.92 Å². The molecule has 0 saturated carbocycles. The van der Waals surface area contributed by atoms with E-state index in [2.05, 4.69) is 31.1 Å². The van der Waals surface area contributed by atoms with Crippen LogP contribution in [0.15, 0.2) is 42.9 Å². The minimum Gasteiger partial charge on any atom is -0.486 e. The monoisotopic (exact) mass is 550 g/mol. The zero-order chi connectivity index (χ0) is 27.0. The van der Waals surface area contributed by atoms with Crippen molar-refractivity contribution in [3.05, 3.63) is 64.0 Å². The first-order chi connectivity index (χ1) is 18.2. The van der Waals surface area contributed by atoms with Gasteiger partial charge in [-0.3, -0.25) is 10.1 Å². The maximum atomic E-state index is 10.4. The number of nitrogens with zero attached hydrogens (tertiary/aromatic N) is 5. The maximum absolute atomic E-state index is 10.4. The lowest BCUT2D eigenvalue weighted by atomic mass is 9.83. The fourth-order valence-corrected chi connectivity index (χ4v) is 5.75. The summed E-state index contributed by atoms with van der Waals surface area (Å²) in [6, 6.07) is 9.77. The molecule has 3 aromatic heterocycles. The minimum atomic E-state index is -0.709. The van der Waals surface area contributed by atoms with E-state index in [9.17, 15) is 10.4 Å². The van der Waals surface area contributed by atoms with Crippen LogP contribution in [0, 0.1) is 17.2 Å². The summed E-state index contributed by atoms with van der Waals surface area (Å²) in [5.41, 5.74) is 2.68. The summed E-state index contributed by atoms with van der Waals surface area (Å²) < 4.78 is 6.18. The first-order valence-electron chi connectivity index (χ1n) is 12.5. The molecule has 1 aliphatic heterocycles. The highest BCUT2D eigenvalue weighted by atomic mass is 35.5. The lowest BCUT2D eigenvalue weighted by Gasteiger charge is -2.38. The van der Waals surface area contributed by atoms with Crippen LogP contribution in [0.1, 0.15) is 50.8 Å². The smallest absolute Gasteiger partial charge is 0.146 e. The van der Waals surface area contributed by atoms with E-state index in [0.717, 1.165) is 42.4 Å². The van der Waals surface area contributed by atoms with Crippen molar-refractivity contribution in [2.75, 3.05) is 18.0 Å². The van der Waals surface area contributed by atoms with Gasteiger partial charge in [0.25, 0.3) is 0 Å². The molecule has 5 rings (SSSR count). The Morgan fingerprint density at radius 1 is 1.16 bits per heavy atom. The van der Waals surface area contributed by atoms with Gasteiger partial charge in [0.15, 0.2) is 0 Å². The maximum Gasteiger partial charge on any atom is 0.146 e. The summed E-state index contributed by atoms with van der Waals surface area (Å²) in [7, 11) is 0. The zero-order valence-electron chi connectivity index (χ0n) is 21.4. The van der Waals surface area contributed by atoms with Gasteiger partial charge in [-0.15, -0.1) is 0 Å². The Bertz CT molecular complexity index is 1500. The molecule has 0 spiro atoms. The highest BCUT2D eigenvalue weighted by Gasteiger charge is 2.31. The number of nitrogens with one attached hydrogen (secondary N) is 1. The Morgan fingerprint density at radius 2 is 1.87 bits per heavy atom. The number of rotatable bonds is 6. The number of piperidine rings is 1. The van der Waals surface area contributed by atoms with Crippen molar-refractivity contribution in [2.45, 2.75) is 45.3 Å². The molecular weight excluding hydrogens is 523 g/mol. The van der Waals surface area contributed by atoms with E-state index in [1.807, 2.05) is 45.0 Å². The van der Waals surface area contributed by atoms with Gasteiger partial charge < -0.3 is 14.7 Å². The first-order valence-corrected chi connectivity index (χ1v) is 13.2. The Hall–Kier alpha value is -3.38. The van der Waals surface area contributed by atoms with Crippen molar-refractivity contribution in [3.63, 3.8) is 0 Å². The van der Waals surface area contributed by atoms with Gasteiger partial charge in [0, 0.05) is 48.2 Å². The third-order valence-electron chi connectivity index (χ3n) is 7.20. The van der Waals surface area contributed by atoms with Gasteiger partial charge in [0.2, 0.25) is 0 Å². The Morgan fingerprint density at radius 3 is 2.53 bits per heavy atom. The summed E-state index contributed by atoms with van der Waals surface area (Å²) in [6.45, 7) is 7.07. The largest absolute Gasteiger partial charge is 0.486 e. The molecule has 0 radical (unpaired) electrons. The van der Waals surface area contributed by atoms with E-state index in [4.69, 9.17) is 27.9 Å². The molecule has 1 saturated heterocycles. The molecular formula is C28H28Cl2N6O2. The van der Waals surface area contributed by atoms with Crippen LogP contribution in [-0.4, -0.2) is 44.0 Å². The molecule has 0 bridgehead atoms. The topological polar surface area (TPSA) is 111 Å². The highest BCUT2D eigenvalue weighted by molar-refractivity contribution is 6.35. The van der Waals surface area contributed by atoms with Crippen LogP contribution in [0.3, 0.4) is 0 Å². The molecule has 0 amide bonds. The van der Waals surface area contributed by atoms with Crippen molar-refractivity contribution >= 4 is 39.9 Å². The van der Waals surface area contributed by atoms with Gasteiger partial charge in [-0.2, -0.15) is 10.4 Å². The Balaban J connectivity index is 1.41. The van der Waals surface area contributed by atoms with E-state index < -0.39 is 11.7 Å². The van der Waals surface area contributed by atoms with Crippen LogP contribution in [-0.2, 0) is 0 Å². The SMILES string of the molecule is C[C@@H](Oc1ccc2[nH]nc(-c3cnc(N4CCC(C(C)(C)O)CC4)c(C#N)c3)c2c1)c1c(Cl)cncc1Cl. The van der Waals surface area contributed by atoms with E-state index >= 15 is 0 Å². The van der Waals surface area contributed by atoms with E-state index in [1.165, 1.54) is 0 Å². The number of anilines is 1. The second kappa shape index (κ2) is 10.4. The number of halogens is 2. The van der Waals surface area contributed by atoms with Crippen LogP contribution in [0.2, 0.25) is 10.0 Å². The van der Waals surface area contributed by atoms with Gasteiger partial charge in [0.1, 0.15) is 29.4 Å². The summed E-state index contributed by atoms with van der Waals surface area (Å²) in [5.74, 6) is 1.51. The zero-order valence-corrected chi connectivity index (χ0v) is 22.9. The fraction of sp³-hybridized carbons (Fsp3) is 0.357. The number of pyridine rings is 2. The summed E-state index contributed by atoms with van der Waals surface area (Å²) in [6.07, 6.45) is 6.12. The van der Waals surface area contributed by atoms with Crippen LogP contribution in [0.25, 0.3) is 22.2 Å². The molecule has 8 nitrogen and oxygen atoms in total. The van der Waals surface area contributed by atoms with E-state index in [0.29, 0.717) is 38.4 Å². The molecule has 4 aromatic rings. The average molecular weight is 551 g/mol. The number of aliphatic hydroxyl groups is 1. The van der Waals surface area contributed by atoms with Crippen LogP contribution in [0.5, 0.6) is 5.75 Å². The number of fused-ring (bicyclic) bond motifs is 1. The van der Waals surface area contributed by atoms with Crippen LogP contribution in [0.4, 0.5) is 5.82 Å². The Kier molecular flexibility index (Phi) is 7.19. The molecule has 1 atom stereocenters. The number of H-pyrrole nitrogens is 1. The standard InChI is InChI=1S/C28H28Cl2N6O2/c1-16(25-22(29)14-32-15-23(25)30)38-20-4-5-24-21(11-20)26(35-34-24)18-10-17(12-31)27(33-13-18)36-8-6-19(7-9-36)28(2,3)37/h4-5,10-11,13-16,19,37H,6-9H2,1-3H3,(H,34,35)/t16-/m1/s1. The lowest BCUT2D eigenvalue weighted by molar-refractivity contribution is 0.00645. The average Bonchev–Trinajstić information content (AvgIpc) is 3.31. The number of aromatic nitrogens is 4. The van der Waals surface area contributed by atoms with Gasteiger partial charge in [0.05, 0.1) is 26.7 Å². The van der Waals surface area contributed by atoms with Gasteiger partial charge in [-0.1, -0.05) is 23.2 Å². The Labute approximate surface area is 231 Å².